The van der Waals surface area contributed by atoms with Gasteiger partial charge in [0.2, 0.25) is 0 Å². The Morgan fingerprint density at radius 3 is 2.00 bits per heavy atom. The van der Waals surface area contributed by atoms with E-state index in [9.17, 15) is 0 Å². The molecule has 0 radical (unpaired) electrons. The number of rotatable bonds is 5. The fourth-order valence-electron chi connectivity index (χ4n) is 2.10. The highest BCUT2D eigenvalue weighted by atomic mass is 16.5. The Hall–Kier alpha value is -0.0800. The average molecular weight is 245 g/mol. The summed E-state index contributed by atoms with van der Waals surface area (Å²) in [6.45, 7) is 15.1. The van der Waals surface area contributed by atoms with Crippen LogP contribution < -0.4 is 0 Å². The molecule has 0 saturated carbocycles. The van der Waals surface area contributed by atoms with Gasteiger partial charge in [-0.1, -0.05) is 34.6 Å². The Labute approximate surface area is 110 Å². The minimum atomic E-state index is 0.924. The monoisotopic (exact) mass is 245 g/mol. The normalized spacial score (nSPS) is 16.6. The molecule has 2 nitrogen and oxygen atoms in total. The molecule has 0 N–H and O–H groups in total. The summed E-state index contributed by atoms with van der Waals surface area (Å²) in [6.07, 6.45) is 5.31. The zero-order chi connectivity index (χ0) is 13.5. The maximum Gasteiger partial charge on any atom is 0.0464 e. The predicted molar refractivity (Wildman–Crippen MR) is 78.6 cm³/mol. The molecular weight excluding hydrogens is 210 g/mol. The molecule has 1 rings (SSSR count). The van der Waals surface area contributed by atoms with Gasteiger partial charge in [0.1, 0.15) is 0 Å². The highest BCUT2D eigenvalue weighted by Crippen LogP contribution is 2.20. The predicted octanol–water partition coefficient (Wildman–Crippen LogP) is 4.20. The van der Waals surface area contributed by atoms with Gasteiger partial charge in [0.15, 0.2) is 0 Å². The molecule has 1 aliphatic rings. The van der Waals surface area contributed by atoms with Crippen LogP contribution in [0.25, 0.3) is 0 Å². The molecule has 0 atom stereocenters. The van der Waals surface area contributed by atoms with Gasteiger partial charge in [-0.25, -0.2) is 0 Å². The standard InChI is InChI=1S/C11H23NO.2C2H6/c1-3-7-12-8-4-11(5-9-12)6-10-13-2;2*1-2/h11H,3-10H2,1-2H3;2*1-2H3. The van der Waals surface area contributed by atoms with E-state index in [1.54, 1.807) is 7.11 Å². The largest absolute Gasteiger partial charge is 0.385 e. The van der Waals surface area contributed by atoms with Crippen LogP contribution in [0.3, 0.4) is 0 Å². The number of methoxy groups -OCH3 is 1. The van der Waals surface area contributed by atoms with Crippen molar-refractivity contribution in [3.8, 4) is 0 Å². The van der Waals surface area contributed by atoms with Crippen LogP contribution in [0.15, 0.2) is 0 Å². The molecule has 1 aliphatic heterocycles. The molecule has 0 aromatic carbocycles. The summed E-state index contributed by atoms with van der Waals surface area (Å²) in [5.41, 5.74) is 0. The quantitative estimate of drug-likeness (QED) is 0.720. The van der Waals surface area contributed by atoms with Crippen molar-refractivity contribution in [2.45, 2.75) is 60.3 Å². The number of nitrogens with zero attached hydrogens (tertiary/aromatic N) is 1. The van der Waals surface area contributed by atoms with Crippen molar-refractivity contribution in [1.29, 1.82) is 0 Å². The average Bonchev–Trinajstić information content (AvgIpc) is 2.43. The SMILES string of the molecule is CC.CC.CCCN1CCC(CCOC)CC1. The van der Waals surface area contributed by atoms with Gasteiger partial charge in [0.25, 0.3) is 0 Å². The number of likely N-dealkylation sites (tertiary alicyclic amines) is 1. The Bertz CT molecular complexity index is 120. The van der Waals surface area contributed by atoms with E-state index in [0.29, 0.717) is 0 Å². The zero-order valence-corrected chi connectivity index (χ0v) is 13.1. The summed E-state index contributed by atoms with van der Waals surface area (Å²) in [7, 11) is 1.80. The molecule has 17 heavy (non-hydrogen) atoms. The van der Waals surface area contributed by atoms with Gasteiger partial charge in [0.05, 0.1) is 0 Å². The lowest BCUT2D eigenvalue weighted by atomic mass is 9.94. The van der Waals surface area contributed by atoms with Crippen molar-refractivity contribution in [3.05, 3.63) is 0 Å². The van der Waals surface area contributed by atoms with E-state index in [4.69, 9.17) is 4.74 Å². The van der Waals surface area contributed by atoms with Crippen molar-refractivity contribution in [1.82, 2.24) is 4.90 Å². The van der Waals surface area contributed by atoms with Crippen LogP contribution in [0, 0.1) is 5.92 Å². The molecule has 2 heteroatoms. The summed E-state index contributed by atoms with van der Waals surface area (Å²) >= 11 is 0. The maximum absolute atomic E-state index is 5.11. The molecule has 1 fully saturated rings. The molecule has 1 saturated heterocycles. The summed E-state index contributed by atoms with van der Waals surface area (Å²) < 4.78 is 5.11. The third-order valence-corrected chi connectivity index (χ3v) is 2.98. The van der Waals surface area contributed by atoms with Gasteiger partial charge in [0, 0.05) is 13.7 Å². The maximum atomic E-state index is 5.11. The van der Waals surface area contributed by atoms with E-state index in [1.165, 1.54) is 45.3 Å². The molecule has 0 aliphatic carbocycles. The molecule has 0 aromatic heterocycles. The van der Waals surface area contributed by atoms with Crippen molar-refractivity contribution in [2.75, 3.05) is 33.4 Å². The van der Waals surface area contributed by atoms with E-state index < -0.39 is 0 Å². The molecule has 1 heterocycles. The van der Waals surface area contributed by atoms with Crippen LogP contribution in [0.1, 0.15) is 60.3 Å². The van der Waals surface area contributed by atoms with Crippen molar-refractivity contribution >= 4 is 0 Å². The zero-order valence-electron chi connectivity index (χ0n) is 13.1. The lowest BCUT2D eigenvalue weighted by Gasteiger charge is -2.31. The Balaban J connectivity index is 0. The molecule has 0 bridgehead atoms. The van der Waals surface area contributed by atoms with E-state index in [0.717, 1.165) is 12.5 Å². The smallest absolute Gasteiger partial charge is 0.0464 e. The van der Waals surface area contributed by atoms with Crippen LogP contribution in [0.5, 0.6) is 0 Å². The lowest BCUT2D eigenvalue weighted by Crippen LogP contribution is -2.34. The van der Waals surface area contributed by atoms with E-state index in [1.807, 2.05) is 27.7 Å². The van der Waals surface area contributed by atoms with Crippen molar-refractivity contribution < 1.29 is 4.74 Å². The Morgan fingerprint density at radius 2 is 1.59 bits per heavy atom. The first-order valence-corrected chi connectivity index (χ1v) is 7.58. The van der Waals surface area contributed by atoms with Crippen LogP contribution >= 0.6 is 0 Å². The fraction of sp³-hybridized carbons (Fsp3) is 1.00. The summed E-state index contributed by atoms with van der Waals surface area (Å²) in [6, 6.07) is 0. The first kappa shape index (κ1) is 19.3. The van der Waals surface area contributed by atoms with Crippen LogP contribution in [0.2, 0.25) is 0 Å². The van der Waals surface area contributed by atoms with Gasteiger partial charge < -0.3 is 9.64 Å². The first-order chi connectivity index (χ1) is 8.36. The minimum absolute atomic E-state index is 0.924. The molecular formula is C15H35NO. The van der Waals surface area contributed by atoms with Gasteiger partial charge in [-0.05, 0) is 51.2 Å². The minimum Gasteiger partial charge on any atom is -0.385 e. The fourth-order valence-corrected chi connectivity index (χ4v) is 2.10. The summed E-state index contributed by atoms with van der Waals surface area (Å²) in [5, 5.41) is 0. The van der Waals surface area contributed by atoms with E-state index in [2.05, 4.69) is 11.8 Å². The second kappa shape index (κ2) is 15.9. The molecule has 0 spiro atoms. The molecule has 0 unspecified atom stereocenters. The molecule has 0 amide bonds. The van der Waals surface area contributed by atoms with Gasteiger partial charge in [-0.2, -0.15) is 0 Å². The highest BCUT2D eigenvalue weighted by molar-refractivity contribution is 4.71. The van der Waals surface area contributed by atoms with Gasteiger partial charge in [-0.3, -0.25) is 0 Å². The molecule has 106 valence electrons. The van der Waals surface area contributed by atoms with Crippen molar-refractivity contribution in [3.63, 3.8) is 0 Å². The Morgan fingerprint density at radius 1 is 1.06 bits per heavy atom. The topological polar surface area (TPSA) is 12.5 Å². The van der Waals surface area contributed by atoms with E-state index >= 15 is 0 Å². The summed E-state index contributed by atoms with van der Waals surface area (Å²) in [5.74, 6) is 0.924. The van der Waals surface area contributed by atoms with Crippen LogP contribution in [-0.4, -0.2) is 38.3 Å². The van der Waals surface area contributed by atoms with Crippen molar-refractivity contribution in [2.24, 2.45) is 5.92 Å². The van der Waals surface area contributed by atoms with Gasteiger partial charge in [-0.15, -0.1) is 0 Å². The van der Waals surface area contributed by atoms with Crippen LogP contribution in [0.4, 0.5) is 0 Å². The summed E-state index contributed by atoms with van der Waals surface area (Å²) in [4.78, 5) is 2.59. The second-order valence-electron chi connectivity index (χ2n) is 4.07. The van der Waals surface area contributed by atoms with Crippen LogP contribution in [-0.2, 0) is 4.74 Å². The lowest BCUT2D eigenvalue weighted by molar-refractivity contribution is 0.135. The first-order valence-electron chi connectivity index (χ1n) is 7.58. The number of hydrogen-bond acceptors (Lipinski definition) is 2. The molecule has 0 aromatic rings. The third kappa shape index (κ3) is 10.8. The van der Waals surface area contributed by atoms with E-state index in [-0.39, 0.29) is 0 Å². The van der Waals surface area contributed by atoms with Gasteiger partial charge >= 0.3 is 0 Å². The highest BCUT2D eigenvalue weighted by Gasteiger charge is 2.17. The second-order valence-corrected chi connectivity index (χ2v) is 4.07. The number of ether oxygens (including phenoxy) is 1. The third-order valence-electron chi connectivity index (χ3n) is 2.98. The number of hydrogen-bond donors (Lipinski definition) is 0. The Kier molecular flexibility index (Phi) is 18.0. The number of piperidine rings is 1.